The van der Waals surface area contributed by atoms with Gasteiger partial charge in [0, 0.05) is 41.2 Å². The lowest BCUT2D eigenvalue weighted by Gasteiger charge is -2.18. The number of nitrogens with zero attached hydrogens (tertiary/aromatic N) is 2. The van der Waals surface area contributed by atoms with Crippen molar-refractivity contribution in [2.45, 2.75) is 26.2 Å². The summed E-state index contributed by atoms with van der Waals surface area (Å²) in [5.74, 6) is 1.01. The molecule has 1 fully saturated rings. The van der Waals surface area contributed by atoms with Crippen molar-refractivity contribution in [2.75, 3.05) is 11.4 Å². The molecule has 158 valence electrons. The van der Waals surface area contributed by atoms with Crippen LogP contribution in [0.4, 0.5) is 5.82 Å². The molecule has 1 aliphatic rings. The van der Waals surface area contributed by atoms with Crippen molar-refractivity contribution in [1.29, 1.82) is 0 Å². The van der Waals surface area contributed by atoms with Crippen molar-refractivity contribution in [3.05, 3.63) is 82.0 Å². The van der Waals surface area contributed by atoms with Crippen molar-refractivity contribution < 1.29 is 14.3 Å². The first kappa shape index (κ1) is 20.9. The van der Waals surface area contributed by atoms with Gasteiger partial charge in [-0.1, -0.05) is 23.7 Å². The van der Waals surface area contributed by atoms with Crippen LogP contribution < -0.4 is 15.4 Å². The van der Waals surface area contributed by atoms with Gasteiger partial charge in [0.15, 0.2) is 0 Å². The van der Waals surface area contributed by atoms with E-state index in [1.807, 2.05) is 32.0 Å². The maximum Gasteiger partial charge on any atom is 0.248 e. The van der Waals surface area contributed by atoms with Gasteiger partial charge in [0.1, 0.15) is 17.3 Å². The highest BCUT2D eigenvalue weighted by Crippen LogP contribution is 2.39. The number of carbonyl (C=O) groups excluding carboxylic acids is 2. The molecule has 1 saturated heterocycles. The van der Waals surface area contributed by atoms with Crippen LogP contribution in [0.3, 0.4) is 0 Å². The molecule has 6 nitrogen and oxygen atoms in total. The number of aromatic nitrogens is 1. The van der Waals surface area contributed by atoms with Gasteiger partial charge in [-0.15, -0.1) is 0 Å². The maximum absolute atomic E-state index is 12.8. The highest BCUT2D eigenvalue weighted by atomic mass is 35.5. The second-order valence-electron chi connectivity index (χ2n) is 7.78. The molecule has 0 unspecified atom stereocenters. The quantitative estimate of drug-likeness (QED) is 0.625. The largest absolute Gasteiger partial charge is 0.457 e. The zero-order valence-corrected chi connectivity index (χ0v) is 18.0. The number of ether oxygens (including phenoxy) is 1. The van der Waals surface area contributed by atoms with Gasteiger partial charge in [0.2, 0.25) is 11.8 Å². The van der Waals surface area contributed by atoms with Crippen LogP contribution in [0, 0.1) is 13.8 Å². The summed E-state index contributed by atoms with van der Waals surface area (Å²) in [5, 5.41) is 0.556. The van der Waals surface area contributed by atoms with Gasteiger partial charge in [-0.3, -0.25) is 14.5 Å². The highest BCUT2D eigenvalue weighted by molar-refractivity contribution is 6.30. The number of nitrogens with two attached hydrogens (primary N) is 1. The van der Waals surface area contributed by atoms with E-state index in [0.29, 0.717) is 35.1 Å². The fourth-order valence-electron chi connectivity index (χ4n) is 3.91. The van der Waals surface area contributed by atoms with Gasteiger partial charge in [-0.25, -0.2) is 4.98 Å². The number of amides is 2. The molecule has 1 aromatic heterocycles. The predicted molar refractivity (Wildman–Crippen MR) is 120 cm³/mol. The fraction of sp³-hybridized carbons (Fsp3) is 0.208. The number of aryl methyl sites for hydroxylation is 2. The zero-order valence-electron chi connectivity index (χ0n) is 17.3. The predicted octanol–water partition coefficient (Wildman–Crippen LogP) is 4.76. The van der Waals surface area contributed by atoms with Gasteiger partial charge in [0.25, 0.3) is 0 Å². The number of benzene rings is 2. The lowest BCUT2D eigenvalue weighted by Crippen LogP contribution is -2.26. The van der Waals surface area contributed by atoms with Crippen LogP contribution in [-0.2, 0) is 4.79 Å². The number of halogens is 1. The summed E-state index contributed by atoms with van der Waals surface area (Å²) in [6, 6.07) is 14.5. The third-order valence-electron chi connectivity index (χ3n) is 5.27. The van der Waals surface area contributed by atoms with Crippen LogP contribution >= 0.6 is 11.6 Å². The fourth-order valence-corrected chi connectivity index (χ4v) is 4.07. The van der Waals surface area contributed by atoms with E-state index in [0.717, 1.165) is 22.4 Å². The van der Waals surface area contributed by atoms with E-state index < -0.39 is 5.91 Å². The molecule has 2 amide bonds. The smallest absolute Gasteiger partial charge is 0.248 e. The summed E-state index contributed by atoms with van der Waals surface area (Å²) in [6.07, 6.45) is 1.78. The van der Waals surface area contributed by atoms with Gasteiger partial charge in [0.05, 0.1) is 0 Å². The van der Waals surface area contributed by atoms with Crippen molar-refractivity contribution in [3.63, 3.8) is 0 Å². The first-order chi connectivity index (χ1) is 14.8. The molecule has 31 heavy (non-hydrogen) atoms. The Balaban J connectivity index is 1.64. The van der Waals surface area contributed by atoms with Gasteiger partial charge in [-0.2, -0.15) is 0 Å². The number of hydrogen-bond donors (Lipinski definition) is 1. The summed E-state index contributed by atoms with van der Waals surface area (Å²) < 4.78 is 6.20. The summed E-state index contributed by atoms with van der Waals surface area (Å²) in [7, 11) is 0. The molecule has 4 rings (SSSR count). The van der Waals surface area contributed by atoms with Crippen LogP contribution in [0.1, 0.15) is 39.4 Å². The minimum atomic E-state index is -0.561. The van der Waals surface area contributed by atoms with E-state index in [9.17, 15) is 9.59 Å². The van der Waals surface area contributed by atoms with E-state index in [2.05, 4.69) is 11.1 Å². The van der Waals surface area contributed by atoms with Crippen LogP contribution in [0.5, 0.6) is 11.5 Å². The molecule has 3 aromatic rings. The SMILES string of the molecule is Cc1cc(C)cc(Oc2cc(Cl)ccc2[C@H]2CC(=O)N(c3cc(C(N)=O)ccn3)C2)c1. The van der Waals surface area contributed by atoms with E-state index in [1.165, 1.54) is 18.3 Å². The summed E-state index contributed by atoms with van der Waals surface area (Å²) in [4.78, 5) is 30.1. The van der Waals surface area contributed by atoms with Crippen LogP contribution in [-0.4, -0.2) is 23.3 Å². The molecule has 2 heterocycles. The number of anilines is 1. The number of hydrogen-bond acceptors (Lipinski definition) is 4. The number of rotatable bonds is 5. The molecule has 0 saturated carbocycles. The summed E-state index contributed by atoms with van der Waals surface area (Å²) in [5.41, 5.74) is 8.77. The molecule has 1 aliphatic heterocycles. The molecule has 7 heteroatoms. The third kappa shape index (κ3) is 4.54. The Morgan fingerprint density at radius 2 is 1.87 bits per heavy atom. The topological polar surface area (TPSA) is 85.5 Å². The molecule has 1 atom stereocenters. The Hall–Kier alpha value is -3.38. The molecule has 2 aromatic carbocycles. The summed E-state index contributed by atoms with van der Waals surface area (Å²) in [6.45, 7) is 4.44. The average Bonchev–Trinajstić information content (AvgIpc) is 3.09. The molecule has 0 bridgehead atoms. The second kappa shape index (κ2) is 8.40. The zero-order chi connectivity index (χ0) is 22.1. The lowest BCUT2D eigenvalue weighted by atomic mass is 9.97. The van der Waals surface area contributed by atoms with Gasteiger partial charge in [-0.05, 0) is 61.4 Å². The van der Waals surface area contributed by atoms with E-state index in [4.69, 9.17) is 22.1 Å². The molecule has 0 radical (unpaired) electrons. The Morgan fingerprint density at radius 3 is 2.58 bits per heavy atom. The summed E-state index contributed by atoms with van der Waals surface area (Å²) >= 11 is 6.24. The standard InChI is InChI=1S/C24H22ClN3O3/c1-14-7-15(2)9-19(8-14)31-21-12-18(25)3-4-20(21)17-11-23(29)28(13-17)22-10-16(24(26)30)5-6-27-22/h3-10,12,17H,11,13H2,1-2H3,(H2,26,30)/t17-/m0/s1. The second-order valence-corrected chi connectivity index (χ2v) is 8.22. The van der Waals surface area contributed by atoms with E-state index in [1.54, 1.807) is 17.0 Å². The van der Waals surface area contributed by atoms with Gasteiger partial charge < -0.3 is 10.5 Å². The van der Waals surface area contributed by atoms with E-state index >= 15 is 0 Å². The first-order valence-electron chi connectivity index (χ1n) is 9.92. The monoisotopic (exact) mass is 435 g/mol. The van der Waals surface area contributed by atoms with Crippen molar-refractivity contribution in [1.82, 2.24) is 4.98 Å². The maximum atomic E-state index is 12.8. The third-order valence-corrected chi connectivity index (χ3v) is 5.51. The average molecular weight is 436 g/mol. The van der Waals surface area contributed by atoms with Crippen molar-refractivity contribution >= 4 is 29.2 Å². The molecule has 2 N–H and O–H groups in total. The molecule has 0 aliphatic carbocycles. The Kier molecular flexibility index (Phi) is 5.65. The van der Waals surface area contributed by atoms with Gasteiger partial charge >= 0.3 is 0 Å². The molecule has 0 spiro atoms. The Morgan fingerprint density at radius 1 is 1.13 bits per heavy atom. The van der Waals surface area contributed by atoms with E-state index in [-0.39, 0.29) is 11.8 Å². The Labute approximate surface area is 185 Å². The van der Waals surface area contributed by atoms with Crippen LogP contribution in [0.25, 0.3) is 0 Å². The highest BCUT2D eigenvalue weighted by Gasteiger charge is 2.34. The minimum absolute atomic E-state index is 0.0774. The number of pyridine rings is 1. The Bertz CT molecular complexity index is 1160. The first-order valence-corrected chi connectivity index (χ1v) is 10.3. The van der Waals surface area contributed by atoms with Crippen LogP contribution in [0.2, 0.25) is 5.02 Å². The normalized spacial score (nSPS) is 15.9. The molecular weight excluding hydrogens is 414 g/mol. The van der Waals surface area contributed by atoms with Crippen molar-refractivity contribution in [3.8, 4) is 11.5 Å². The minimum Gasteiger partial charge on any atom is -0.457 e. The van der Waals surface area contributed by atoms with Crippen molar-refractivity contribution in [2.24, 2.45) is 5.73 Å². The molecular formula is C24H22ClN3O3. The lowest BCUT2D eigenvalue weighted by molar-refractivity contribution is -0.117. The number of primary amides is 1. The number of carbonyl (C=O) groups is 2. The van der Waals surface area contributed by atoms with Crippen LogP contribution in [0.15, 0.2) is 54.7 Å².